The molecule has 0 fully saturated rings. The van der Waals surface area contributed by atoms with Gasteiger partial charge in [0.25, 0.3) is 0 Å². The van der Waals surface area contributed by atoms with Gasteiger partial charge in [-0.1, -0.05) is 17.8 Å². The smallest absolute Gasteiger partial charge is 0.416 e. The first-order valence-electron chi connectivity index (χ1n) is 5.04. The number of carboxylic acids is 1. The average molecular weight is 304 g/mol. The maximum Gasteiger partial charge on any atom is 0.416 e. The number of carbonyl (C=O) groups is 1. The largest absolute Gasteiger partial charge is 0.478 e. The van der Waals surface area contributed by atoms with Gasteiger partial charge in [0.05, 0.1) is 15.3 Å². The van der Waals surface area contributed by atoms with Crippen molar-refractivity contribution in [2.75, 3.05) is 0 Å². The molecule has 0 aliphatic heterocycles. The molecule has 100 valence electrons. The van der Waals surface area contributed by atoms with Gasteiger partial charge in [-0.05, 0) is 29.6 Å². The van der Waals surface area contributed by atoms with Gasteiger partial charge in [-0.2, -0.15) is 13.2 Å². The van der Waals surface area contributed by atoms with Gasteiger partial charge in [0, 0.05) is 4.90 Å². The molecule has 1 N–H and O–H groups in total. The molecule has 2 rings (SSSR count). The van der Waals surface area contributed by atoms with Crippen molar-refractivity contribution in [2.45, 2.75) is 15.3 Å². The molecule has 1 heterocycles. The lowest BCUT2D eigenvalue weighted by Gasteiger charge is -2.10. The summed E-state index contributed by atoms with van der Waals surface area (Å²) in [7, 11) is 0. The molecule has 1 aromatic carbocycles. The number of hydrogen-bond acceptors (Lipinski definition) is 3. The van der Waals surface area contributed by atoms with E-state index >= 15 is 0 Å². The van der Waals surface area contributed by atoms with Gasteiger partial charge in [0.2, 0.25) is 0 Å². The summed E-state index contributed by atoms with van der Waals surface area (Å²) >= 11 is 2.53. The van der Waals surface area contributed by atoms with Crippen molar-refractivity contribution in [1.82, 2.24) is 0 Å². The quantitative estimate of drug-likeness (QED) is 0.899. The van der Waals surface area contributed by atoms with Crippen LogP contribution >= 0.6 is 23.1 Å². The summed E-state index contributed by atoms with van der Waals surface area (Å²) in [6, 6.07) is 6.31. The first-order chi connectivity index (χ1) is 8.88. The first-order valence-corrected chi connectivity index (χ1v) is 6.73. The standard InChI is InChI=1S/C12H7F3O2S2/c13-12(14,15)7-3-4-9(8(6-7)11(16)17)19-10-2-1-5-18-10/h1-6H,(H,16,17). The molecule has 2 nitrogen and oxygen atoms in total. The summed E-state index contributed by atoms with van der Waals surface area (Å²) in [4.78, 5) is 11.3. The van der Waals surface area contributed by atoms with Gasteiger partial charge < -0.3 is 5.11 Å². The van der Waals surface area contributed by atoms with Crippen LogP contribution in [0.3, 0.4) is 0 Å². The number of thiophene rings is 1. The Morgan fingerprint density at radius 2 is 2.00 bits per heavy atom. The van der Waals surface area contributed by atoms with Crippen LogP contribution in [0.4, 0.5) is 13.2 Å². The highest BCUT2D eigenvalue weighted by Crippen LogP contribution is 2.37. The fraction of sp³-hybridized carbons (Fsp3) is 0.0833. The Hall–Kier alpha value is -1.47. The van der Waals surface area contributed by atoms with Crippen LogP contribution in [0.15, 0.2) is 44.8 Å². The molecule has 0 bridgehead atoms. The number of aromatic carboxylic acids is 1. The van der Waals surface area contributed by atoms with Crippen molar-refractivity contribution in [3.05, 3.63) is 46.8 Å². The summed E-state index contributed by atoms with van der Waals surface area (Å²) in [5.74, 6) is -1.37. The summed E-state index contributed by atoms with van der Waals surface area (Å²) < 4.78 is 38.4. The van der Waals surface area contributed by atoms with Gasteiger partial charge in [-0.3, -0.25) is 0 Å². The van der Waals surface area contributed by atoms with Crippen molar-refractivity contribution in [2.24, 2.45) is 0 Å². The zero-order valence-electron chi connectivity index (χ0n) is 9.27. The number of alkyl halides is 3. The third kappa shape index (κ3) is 3.30. The van der Waals surface area contributed by atoms with Crippen LogP contribution in [0.2, 0.25) is 0 Å². The highest BCUT2D eigenvalue weighted by Gasteiger charge is 2.31. The third-order valence-electron chi connectivity index (χ3n) is 2.24. The van der Waals surface area contributed by atoms with E-state index < -0.39 is 17.7 Å². The average Bonchev–Trinajstić information content (AvgIpc) is 2.80. The monoisotopic (exact) mass is 304 g/mol. The lowest BCUT2D eigenvalue weighted by atomic mass is 10.1. The summed E-state index contributed by atoms with van der Waals surface area (Å²) in [5, 5.41) is 10.8. The van der Waals surface area contributed by atoms with Crippen molar-refractivity contribution in [3.63, 3.8) is 0 Å². The van der Waals surface area contributed by atoms with E-state index in [0.717, 1.165) is 22.0 Å². The maximum atomic E-state index is 12.5. The minimum Gasteiger partial charge on any atom is -0.478 e. The molecule has 0 saturated heterocycles. The van der Waals surface area contributed by atoms with E-state index in [1.54, 1.807) is 12.1 Å². The summed E-state index contributed by atoms with van der Waals surface area (Å²) in [6.07, 6.45) is -4.55. The number of benzene rings is 1. The molecule has 2 aromatic rings. The van der Waals surface area contributed by atoms with Crippen LogP contribution in [0.25, 0.3) is 0 Å². The predicted octanol–water partition coefficient (Wildman–Crippen LogP) is 4.62. The molecule has 19 heavy (non-hydrogen) atoms. The summed E-state index contributed by atoms with van der Waals surface area (Å²) in [5.41, 5.74) is -1.30. The topological polar surface area (TPSA) is 37.3 Å². The van der Waals surface area contributed by atoms with Crippen molar-refractivity contribution in [3.8, 4) is 0 Å². The summed E-state index contributed by atoms with van der Waals surface area (Å²) in [6.45, 7) is 0. The first kappa shape index (κ1) is 14.0. The molecule has 0 aliphatic carbocycles. The second-order valence-corrected chi connectivity index (χ2v) is 5.84. The number of hydrogen-bond donors (Lipinski definition) is 1. The predicted molar refractivity (Wildman–Crippen MR) is 66.8 cm³/mol. The molecule has 0 unspecified atom stereocenters. The molecule has 0 amide bonds. The van der Waals surface area contributed by atoms with Gasteiger partial charge >= 0.3 is 12.1 Å². The minimum atomic E-state index is -4.55. The molecule has 0 spiro atoms. The van der Waals surface area contributed by atoms with E-state index in [-0.39, 0.29) is 5.56 Å². The van der Waals surface area contributed by atoms with Crippen molar-refractivity contribution >= 4 is 29.1 Å². The van der Waals surface area contributed by atoms with Gasteiger partial charge in [0.1, 0.15) is 0 Å². The third-order valence-corrected chi connectivity index (χ3v) is 4.36. The Kier molecular flexibility index (Phi) is 3.86. The number of carboxylic acid groups (broad SMARTS) is 1. The Morgan fingerprint density at radius 1 is 1.26 bits per heavy atom. The fourth-order valence-electron chi connectivity index (χ4n) is 1.39. The highest BCUT2D eigenvalue weighted by molar-refractivity contribution is 8.01. The van der Waals surface area contributed by atoms with Crippen LogP contribution in [-0.2, 0) is 6.18 Å². The molecule has 0 aliphatic rings. The van der Waals surface area contributed by atoms with Crippen LogP contribution < -0.4 is 0 Å². The van der Waals surface area contributed by atoms with Crippen molar-refractivity contribution < 1.29 is 23.1 Å². The van der Waals surface area contributed by atoms with E-state index in [2.05, 4.69) is 0 Å². The van der Waals surface area contributed by atoms with Crippen LogP contribution in [0.1, 0.15) is 15.9 Å². The highest BCUT2D eigenvalue weighted by atomic mass is 32.2. The maximum absolute atomic E-state index is 12.5. The number of halogens is 3. The zero-order chi connectivity index (χ0) is 14.0. The van der Waals surface area contributed by atoms with E-state index in [9.17, 15) is 18.0 Å². The lowest BCUT2D eigenvalue weighted by Crippen LogP contribution is -2.08. The molecule has 1 aromatic heterocycles. The molecule has 0 radical (unpaired) electrons. The zero-order valence-corrected chi connectivity index (χ0v) is 10.9. The fourth-order valence-corrected chi connectivity index (χ4v) is 3.22. The van der Waals surface area contributed by atoms with E-state index in [1.807, 2.05) is 5.38 Å². The second kappa shape index (κ2) is 5.26. The second-order valence-electron chi connectivity index (χ2n) is 3.55. The molecular weight excluding hydrogens is 297 g/mol. The van der Waals surface area contributed by atoms with Crippen LogP contribution in [0.5, 0.6) is 0 Å². The van der Waals surface area contributed by atoms with E-state index in [0.29, 0.717) is 11.0 Å². The lowest BCUT2D eigenvalue weighted by molar-refractivity contribution is -0.137. The minimum absolute atomic E-state index is 0.294. The van der Waals surface area contributed by atoms with Gasteiger partial charge in [-0.25, -0.2) is 4.79 Å². The van der Waals surface area contributed by atoms with Gasteiger partial charge in [-0.15, -0.1) is 11.3 Å². The van der Waals surface area contributed by atoms with Crippen LogP contribution in [0, 0.1) is 0 Å². The van der Waals surface area contributed by atoms with Gasteiger partial charge in [0.15, 0.2) is 0 Å². The van der Waals surface area contributed by atoms with Crippen molar-refractivity contribution in [1.29, 1.82) is 0 Å². The van der Waals surface area contributed by atoms with Crippen LogP contribution in [-0.4, -0.2) is 11.1 Å². The van der Waals surface area contributed by atoms with E-state index in [4.69, 9.17) is 5.11 Å². The Morgan fingerprint density at radius 3 is 2.53 bits per heavy atom. The number of rotatable bonds is 3. The molecule has 7 heteroatoms. The SMILES string of the molecule is O=C(O)c1cc(C(F)(F)F)ccc1Sc1cccs1. The Bertz CT molecular complexity index is 592. The molecular formula is C12H7F3O2S2. The van der Waals surface area contributed by atoms with E-state index in [1.165, 1.54) is 17.4 Å². The Balaban J connectivity index is 2.41. The normalized spacial score (nSPS) is 11.5. The molecule has 0 atom stereocenters. The Labute approximate surface area is 114 Å². The molecule has 0 saturated carbocycles.